The number of nitriles is 1. The Morgan fingerprint density at radius 1 is 1.08 bits per heavy atom. The zero-order valence-electron chi connectivity index (χ0n) is 19.1. The van der Waals surface area contributed by atoms with Crippen molar-refractivity contribution in [1.29, 1.82) is 5.26 Å². The smallest absolute Gasteiger partial charge is 0.266 e. The molecule has 1 aliphatic heterocycles. The lowest BCUT2D eigenvalue weighted by molar-refractivity contribution is -0.125. The number of rotatable bonds is 6. The molecule has 0 aliphatic carbocycles. The molecule has 0 unspecified atom stereocenters. The van der Waals surface area contributed by atoms with Crippen LogP contribution >= 0.6 is 11.3 Å². The summed E-state index contributed by atoms with van der Waals surface area (Å²) < 4.78 is 18.2. The molecule has 1 saturated heterocycles. The Bertz CT molecular complexity index is 1520. The molecule has 1 amide bonds. The van der Waals surface area contributed by atoms with Gasteiger partial charge in [0.2, 0.25) is 17.5 Å². The molecule has 1 fully saturated rings. The number of carbonyl (C=O) groups is 1. The fourth-order valence-electron chi connectivity index (χ4n) is 4.33. The lowest BCUT2D eigenvalue weighted by Gasteiger charge is -2.30. The van der Waals surface area contributed by atoms with Crippen molar-refractivity contribution >= 4 is 33.3 Å². The molecule has 9 nitrogen and oxygen atoms in total. The lowest BCUT2D eigenvalue weighted by Crippen LogP contribution is -2.40. The summed E-state index contributed by atoms with van der Waals surface area (Å²) in [5.41, 5.74) is 1.16. The first-order chi connectivity index (χ1) is 17.7. The van der Waals surface area contributed by atoms with Gasteiger partial charge in [-0.3, -0.25) is 4.79 Å². The lowest BCUT2D eigenvalue weighted by atomic mass is 9.96. The number of hydrogen-bond acceptors (Lipinski definition) is 9. The third kappa shape index (κ3) is 4.25. The van der Waals surface area contributed by atoms with Crippen LogP contribution in [0.25, 0.3) is 32.6 Å². The highest BCUT2D eigenvalue weighted by molar-refractivity contribution is 7.21. The molecule has 0 radical (unpaired) electrons. The number of amides is 1. The predicted molar refractivity (Wildman–Crippen MR) is 133 cm³/mol. The largest absolute Gasteiger partial charge is 0.459 e. The van der Waals surface area contributed by atoms with Gasteiger partial charge >= 0.3 is 0 Å². The van der Waals surface area contributed by atoms with Crippen molar-refractivity contribution in [3.63, 3.8) is 0 Å². The molecule has 36 heavy (non-hydrogen) atoms. The van der Waals surface area contributed by atoms with Gasteiger partial charge in [-0.2, -0.15) is 10.2 Å². The van der Waals surface area contributed by atoms with Crippen LogP contribution in [0.15, 0.2) is 68.0 Å². The Balaban J connectivity index is 1.05. The minimum absolute atomic E-state index is 0.0121. The van der Waals surface area contributed by atoms with Gasteiger partial charge in [0.1, 0.15) is 11.8 Å². The molecule has 10 heteroatoms. The summed E-state index contributed by atoms with van der Waals surface area (Å²) in [7, 11) is 0. The molecule has 6 rings (SSSR count). The summed E-state index contributed by atoms with van der Waals surface area (Å²) in [5.74, 6) is 2.40. The van der Waals surface area contributed by atoms with Gasteiger partial charge in [-0.15, -0.1) is 11.3 Å². The first-order valence-corrected chi connectivity index (χ1v) is 12.4. The molecule has 0 saturated carbocycles. The first-order valence-electron chi connectivity index (χ1n) is 11.6. The Labute approximate surface area is 210 Å². The van der Waals surface area contributed by atoms with Crippen molar-refractivity contribution in [2.75, 3.05) is 18.0 Å². The van der Waals surface area contributed by atoms with Crippen LogP contribution in [0.2, 0.25) is 0 Å². The highest BCUT2D eigenvalue weighted by atomic mass is 32.1. The fraction of sp³-hybridized carbons (Fsp3) is 0.231. The van der Waals surface area contributed by atoms with Gasteiger partial charge in [0.25, 0.3) is 5.89 Å². The first kappa shape index (κ1) is 22.1. The van der Waals surface area contributed by atoms with E-state index in [2.05, 4.69) is 21.4 Å². The zero-order chi connectivity index (χ0) is 24.5. The van der Waals surface area contributed by atoms with Crippen LogP contribution in [0, 0.1) is 17.2 Å². The minimum Gasteiger partial charge on any atom is -0.459 e. The number of oxazole rings is 1. The van der Waals surface area contributed by atoms with E-state index >= 15 is 0 Å². The Morgan fingerprint density at radius 2 is 1.94 bits per heavy atom. The van der Waals surface area contributed by atoms with Gasteiger partial charge in [0, 0.05) is 19.0 Å². The molecule has 0 bridgehead atoms. The zero-order valence-corrected chi connectivity index (χ0v) is 20.0. The quantitative estimate of drug-likeness (QED) is 0.338. The molecular weight excluding hydrogens is 478 g/mol. The predicted octanol–water partition coefficient (Wildman–Crippen LogP) is 5.21. The van der Waals surface area contributed by atoms with E-state index in [9.17, 15) is 10.1 Å². The van der Waals surface area contributed by atoms with Crippen molar-refractivity contribution in [1.82, 2.24) is 15.3 Å². The van der Waals surface area contributed by atoms with Gasteiger partial charge in [-0.25, -0.2) is 4.98 Å². The topological polar surface area (TPSA) is 121 Å². The fourth-order valence-corrected chi connectivity index (χ4v) is 5.26. The van der Waals surface area contributed by atoms with Crippen molar-refractivity contribution in [2.24, 2.45) is 5.92 Å². The summed E-state index contributed by atoms with van der Waals surface area (Å²) in [5, 5.41) is 13.3. The number of aromatic nitrogens is 2. The Hall–Kier alpha value is -4.36. The molecule has 4 aromatic heterocycles. The van der Waals surface area contributed by atoms with Crippen molar-refractivity contribution in [2.45, 2.75) is 19.4 Å². The van der Waals surface area contributed by atoms with Gasteiger partial charge in [0.15, 0.2) is 16.5 Å². The number of fused-ring (bicyclic) bond motifs is 1. The van der Waals surface area contributed by atoms with Crippen molar-refractivity contribution < 1.29 is 18.0 Å². The van der Waals surface area contributed by atoms with E-state index in [1.54, 1.807) is 23.5 Å². The second-order valence-corrected chi connectivity index (χ2v) is 9.52. The number of nitrogens with zero attached hydrogens (tertiary/aromatic N) is 4. The normalized spacial score (nSPS) is 14.2. The number of para-hydroxylation sites is 1. The van der Waals surface area contributed by atoms with Crippen molar-refractivity contribution in [3.8, 4) is 28.5 Å². The van der Waals surface area contributed by atoms with E-state index in [0.29, 0.717) is 55.6 Å². The number of hydrogen-bond donors (Lipinski definition) is 1. The summed E-state index contributed by atoms with van der Waals surface area (Å²) >= 11 is 1.58. The summed E-state index contributed by atoms with van der Waals surface area (Å²) in [4.78, 5) is 23.6. The molecule has 180 valence electrons. The van der Waals surface area contributed by atoms with Crippen LogP contribution in [-0.2, 0) is 11.3 Å². The van der Waals surface area contributed by atoms with E-state index in [1.165, 1.54) is 6.26 Å². The number of anilines is 1. The standard InChI is InChI=1S/C26H21N5O4S/c27-14-19-26(35-24(29-19)20-5-3-13-33-20)31-11-9-16(10-12-31)23(32)28-15-17-7-8-21(34-17)25-30-18-4-1-2-6-22(18)36-25/h1-8,13,16H,9-12,15H2,(H,28,32). The van der Waals surface area contributed by atoms with Gasteiger partial charge in [-0.05, 0) is 49.2 Å². The molecular formula is C26H21N5O4S. The van der Waals surface area contributed by atoms with Crippen LogP contribution in [0.3, 0.4) is 0 Å². The maximum Gasteiger partial charge on any atom is 0.266 e. The Kier molecular flexibility index (Phi) is 5.75. The average molecular weight is 500 g/mol. The van der Waals surface area contributed by atoms with E-state index < -0.39 is 0 Å². The van der Waals surface area contributed by atoms with E-state index in [-0.39, 0.29) is 23.4 Å². The highest BCUT2D eigenvalue weighted by Gasteiger charge is 2.29. The van der Waals surface area contributed by atoms with Crippen LogP contribution in [-0.4, -0.2) is 29.0 Å². The Morgan fingerprint density at radius 3 is 2.72 bits per heavy atom. The van der Waals surface area contributed by atoms with Crippen LogP contribution < -0.4 is 10.2 Å². The number of furan rings is 2. The van der Waals surface area contributed by atoms with Crippen LogP contribution in [0.4, 0.5) is 5.88 Å². The minimum atomic E-state index is -0.127. The van der Waals surface area contributed by atoms with E-state index in [4.69, 9.17) is 13.3 Å². The second kappa shape index (κ2) is 9.36. The summed E-state index contributed by atoms with van der Waals surface area (Å²) in [6.45, 7) is 1.49. The molecule has 0 atom stereocenters. The molecule has 1 aliphatic rings. The van der Waals surface area contributed by atoms with Crippen LogP contribution in [0.5, 0.6) is 0 Å². The second-order valence-electron chi connectivity index (χ2n) is 8.49. The third-order valence-electron chi connectivity index (χ3n) is 6.20. The molecule has 1 aromatic carbocycles. The molecule has 0 spiro atoms. The summed E-state index contributed by atoms with van der Waals surface area (Å²) in [6, 6.07) is 17.3. The number of benzene rings is 1. The molecule has 1 N–H and O–H groups in total. The highest BCUT2D eigenvalue weighted by Crippen LogP contribution is 2.32. The van der Waals surface area contributed by atoms with Gasteiger partial charge < -0.3 is 23.5 Å². The van der Waals surface area contributed by atoms with E-state index in [0.717, 1.165) is 15.2 Å². The van der Waals surface area contributed by atoms with Crippen molar-refractivity contribution in [3.05, 3.63) is 66.2 Å². The maximum atomic E-state index is 12.8. The summed E-state index contributed by atoms with van der Waals surface area (Å²) in [6.07, 6.45) is 2.81. The van der Waals surface area contributed by atoms with Crippen LogP contribution in [0.1, 0.15) is 24.3 Å². The monoisotopic (exact) mass is 499 g/mol. The number of carbonyl (C=O) groups excluding carboxylic acids is 1. The van der Waals surface area contributed by atoms with E-state index in [1.807, 2.05) is 41.3 Å². The number of thiazole rings is 1. The van der Waals surface area contributed by atoms with Gasteiger partial charge in [-0.1, -0.05) is 12.1 Å². The SMILES string of the molecule is N#Cc1nc(-c2ccco2)oc1N1CCC(C(=O)NCc2ccc(-c3nc4ccccc4s3)o2)CC1. The molecule has 5 heterocycles. The third-order valence-corrected chi connectivity index (χ3v) is 7.25. The number of nitrogens with one attached hydrogen (secondary N) is 1. The van der Waals surface area contributed by atoms with Gasteiger partial charge in [0.05, 0.1) is 23.0 Å². The number of piperidine rings is 1. The maximum absolute atomic E-state index is 12.8. The molecule has 5 aromatic rings. The average Bonchev–Trinajstić information content (AvgIpc) is 3.72.